The van der Waals surface area contributed by atoms with Crippen LogP contribution < -0.4 is 4.74 Å². The average Bonchev–Trinajstić information content (AvgIpc) is 2.91. The maximum atomic E-state index is 5.36. The number of benzene rings is 3. The van der Waals surface area contributed by atoms with Gasteiger partial charge in [-0.3, -0.25) is 4.99 Å². The summed E-state index contributed by atoms with van der Waals surface area (Å²) in [6, 6.07) is 25.7. The van der Waals surface area contributed by atoms with E-state index >= 15 is 0 Å². The number of aliphatic imine (C=N–C) groups is 1. The van der Waals surface area contributed by atoms with Crippen molar-refractivity contribution in [3.8, 4) is 5.75 Å². The second-order valence-electron chi connectivity index (χ2n) is 6.69. The molecule has 2 atom stereocenters. The maximum Gasteiger partial charge on any atom is 0.118 e. The van der Waals surface area contributed by atoms with Gasteiger partial charge in [-0.15, -0.1) is 23.5 Å². The quantitative estimate of drug-likeness (QED) is 0.507. The summed E-state index contributed by atoms with van der Waals surface area (Å²) in [6.45, 7) is 0. The Hall–Kier alpha value is -2.17. The van der Waals surface area contributed by atoms with Gasteiger partial charge in [0, 0.05) is 32.3 Å². The van der Waals surface area contributed by atoms with Gasteiger partial charge in [-0.1, -0.05) is 42.5 Å². The monoisotopic (exact) mass is 389 g/mol. The Bertz CT molecular complexity index is 1010. The predicted molar refractivity (Wildman–Crippen MR) is 115 cm³/mol. The summed E-state index contributed by atoms with van der Waals surface area (Å²) >= 11 is 3.89. The highest BCUT2D eigenvalue weighted by Crippen LogP contribution is 2.51. The Kier molecular flexibility index (Phi) is 4.46. The molecule has 4 heteroatoms. The highest BCUT2D eigenvalue weighted by Gasteiger charge is 2.36. The number of hydrogen-bond acceptors (Lipinski definition) is 4. The molecule has 0 spiro atoms. The van der Waals surface area contributed by atoms with Crippen molar-refractivity contribution in [1.82, 2.24) is 0 Å². The second kappa shape index (κ2) is 7.10. The van der Waals surface area contributed by atoms with Crippen molar-refractivity contribution in [3.05, 3.63) is 83.9 Å². The summed E-state index contributed by atoms with van der Waals surface area (Å²) in [4.78, 5) is 7.76. The molecule has 0 radical (unpaired) electrons. The highest BCUT2D eigenvalue weighted by molar-refractivity contribution is 8.00. The van der Waals surface area contributed by atoms with Gasteiger partial charge in [0.2, 0.25) is 0 Å². The van der Waals surface area contributed by atoms with E-state index in [0.29, 0.717) is 11.2 Å². The molecule has 0 saturated heterocycles. The minimum Gasteiger partial charge on any atom is -0.497 e. The van der Waals surface area contributed by atoms with Gasteiger partial charge in [-0.05, 0) is 35.9 Å². The van der Waals surface area contributed by atoms with Crippen LogP contribution in [0.1, 0.15) is 16.4 Å². The van der Waals surface area contributed by atoms with Crippen LogP contribution in [0, 0.1) is 5.92 Å². The molecule has 2 aliphatic rings. The Morgan fingerprint density at radius 1 is 0.889 bits per heavy atom. The number of rotatable bonds is 2. The van der Waals surface area contributed by atoms with Gasteiger partial charge in [-0.2, -0.15) is 0 Å². The number of methoxy groups -OCH3 is 1. The van der Waals surface area contributed by atoms with Crippen molar-refractivity contribution < 1.29 is 4.74 Å². The van der Waals surface area contributed by atoms with Gasteiger partial charge in [0.15, 0.2) is 0 Å². The molecule has 0 amide bonds. The number of thioether (sulfide) groups is 2. The number of fused-ring (bicyclic) bond motifs is 4. The zero-order valence-corrected chi connectivity index (χ0v) is 16.6. The van der Waals surface area contributed by atoms with E-state index in [1.165, 1.54) is 26.6 Å². The molecule has 0 aliphatic carbocycles. The lowest BCUT2D eigenvalue weighted by Crippen LogP contribution is -2.27. The molecule has 134 valence electrons. The number of ether oxygens (including phenoxy) is 1. The Morgan fingerprint density at radius 2 is 1.63 bits per heavy atom. The van der Waals surface area contributed by atoms with Gasteiger partial charge in [0.05, 0.1) is 18.5 Å². The first kappa shape index (κ1) is 17.0. The molecule has 0 N–H and O–H groups in total. The zero-order chi connectivity index (χ0) is 18.2. The number of nitrogens with zero attached hydrogens (tertiary/aromatic N) is 1. The SMILES string of the molecule is COc1ccc([C@H]2Sc3ccccc3N=C3c4ccccc4SC[C@H]32)cc1. The largest absolute Gasteiger partial charge is 0.497 e. The van der Waals surface area contributed by atoms with Crippen molar-refractivity contribution in [1.29, 1.82) is 0 Å². The zero-order valence-electron chi connectivity index (χ0n) is 15.0. The molecule has 2 nitrogen and oxygen atoms in total. The van der Waals surface area contributed by atoms with Crippen molar-refractivity contribution in [3.63, 3.8) is 0 Å². The minimum atomic E-state index is 0.333. The molecule has 2 aliphatic heterocycles. The lowest BCUT2D eigenvalue weighted by molar-refractivity contribution is 0.414. The van der Waals surface area contributed by atoms with E-state index in [2.05, 4.69) is 72.8 Å². The van der Waals surface area contributed by atoms with Gasteiger partial charge < -0.3 is 4.74 Å². The molecule has 3 aromatic rings. The Labute approximate surface area is 168 Å². The van der Waals surface area contributed by atoms with Crippen LogP contribution in [0.5, 0.6) is 5.75 Å². The number of hydrogen-bond donors (Lipinski definition) is 0. The summed E-state index contributed by atoms with van der Waals surface area (Å²) in [5, 5.41) is 0.333. The minimum absolute atomic E-state index is 0.333. The molecule has 0 aromatic heterocycles. The smallest absolute Gasteiger partial charge is 0.118 e. The van der Waals surface area contributed by atoms with Crippen molar-refractivity contribution in [2.75, 3.05) is 12.9 Å². The molecule has 5 rings (SSSR count). The molecule has 0 bridgehead atoms. The highest BCUT2D eigenvalue weighted by atomic mass is 32.2. The molecular formula is C23H19NOS2. The summed E-state index contributed by atoms with van der Waals surface area (Å²) < 4.78 is 5.36. The van der Waals surface area contributed by atoms with E-state index in [1.807, 2.05) is 23.5 Å². The standard InChI is InChI=1S/C23H19NOS2/c1-25-16-12-10-15(11-13-16)23-18-14-26-20-8-4-2-6-17(20)22(18)24-19-7-3-5-9-21(19)27-23/h2-13,18,23H,14H2,1H3/t18-,23-/m1/s1. The first-order valence-electron chi connectivity index (χ1n) is 9.04. The lowest BCUT2D eigenvalue weighted by Gasteiger charge is -2.31. The molecule has 27 heavy (non-hydrogen) atoms. The van der Waals surface area contributed by atoms with Gasteiger partial charge in [0.1, 0.15) is 5.75 Å². The molecule has 0 fully saturated rings. The van der Waals surface area contributed by atoms with Crippen LogP contribution in [0.3, 0.4) is 0 Å². The molecule has 0 unspecified atom stereocenters. The fourth-order valence-electron chi connectivity index (χ4n) is 3.73. The van der Waals surface area contributed by atoms with Crippen LogP contribution in [-0.2, 0) is 0 Å². The second-order valence-corrected chi connectivity index (χ2v) is 8.94. The Balaban J connectivity index is 1.66. The van der Waals surface area contributed by atoms with Crippen LogP contribution in [-0.4, -0.2) is 18.6 Å². The maximum absolute atomic E-state index is 5.36. The van der Waals surface area contributed by atoms with Crippen LogP contribution >= 0.6 is 23.5 Å². The van der Waals surface area contributed by atoms with E-state index in [-0.39, 0.29) is 0 Å². The van der Waals surface area contributed by atoms with E-state index < -0.39 is 0 Å². The van der Waals surface area contributed by atoms with Crippen LogP contribution in [0.4, 0.5) is 5.69 Å². The summed E-state index contributed by atoms with van der Waals surface area (Å²) in [5.41, 5.74) is 4.92. The van der Waals surface area contributed by atoms with Crippen molar-refractivity contribution >= 4 is 34.9 Å². The van der Waals surface area contributed by atoms with E-state index in [4.69, 9.17) is 9.73 Å². The van der Waals surface area contributed by atoms with E-state index in [1.54, 1.807) is 7.11 Å². The van der Waals surface area contributed by atoms with Gasteiger partial charge >= 0.3 is 0 Å². The summed E-state index contributed by atoms with van der Waals surface area (Å²) in [7, 11) is 1.71. The summed E-state index contributed by atoms with van der Waals surface area (Å²) in [5.74, 6) is 2.32. The fraction of sp³-hybridized carbons (Fsp3) is 0.174. The topological polar surface area (TPSA) is 21.6 Å². The first-order chi connectivity index (χ1) is 13.3. The fourth-order valence-corrected chi connectivity index (χ4v) is 6.41. The third kappa shape index (κ3) is 3.07. The van der Waals surface area contributed by atoms with E-state index in [0.717, 1.165) is 17.2 Å². The summed E-state index contributed by atoms with van der Waals surface area (Å²) in [6.07, 6.45) is 0. The number of para-hydroxylation sites is 1. The van der Waals surface area contributed by atoms with Crippen molar-refractivity contribution in [2.45, 2.75) is 15.0 Å². The predicted octanol–water partition coefficient (Wildman–Crippen LogP) is 6.38. The van der Waals surface area contributed by atoms with E-state index in [9.17, 15) is 0 Å². The molecular weight excluding hydrogens is 370 g/mol. The molecule has 2 heterocycles. The normalized spacial score (nSPS) is 20.6. The third-order valence-electron chi connectivity index (χ3n) is 5.10. The Morgan fingerprint density at radius 3 is 2.44 bits per heavy atom. The van der Waals surface area contributed by atoms with Gasteiger partial charge in [0.25, 0.3) is 0 Å². The van der Waals surface area contributed by atoms with Gasteiger partial charge in [-0.25, -0.2) is 0 Å². The molecule has 3 aromatic carbocycles. The third-order valence-corrected chi connectivity index (χ3v) is 7.75. The molecule has 0 saturated carbocycles. The van der Waals surface area contributed by atoms with Crippen LogP contribution in [0.25, 0.3) is 0 Å². The van der Waals surface area contributed by atoms with Crippen LogP contribution in [0.15, 0.2) is 87.6 Å². The first-order valence-corrected chi connectivity index (χ1v) is 10.9. The average molecular weight is 390 g/mol. The van der Waals surface area contributed by atoms with Crippen molar-refractivity contribution in [2.24, 2.45) is 10.9 Å². The lowest BCUT2D eigenvalue weighted by atomic mass is 9.90. The van der Waals surface area contributed by atoms with Crippen LogP contribution in [0.2, 0.25) is 0 Å².